The van der Waals surface area contributed by atoms with Crippen LogP contribution < -0.4 is 0 Å². The highest BCUT2D eigenvalue weighted by Gasteiger charge is 2.80. The fourth-order valence-corrected chi connectivity index (χ4v) is 9.81. The zero-order valence-electron chi connectivity index (χ0n) is 32.8. The van der Waals surface area contributed by atoms with E-state index in [1.807, 2.05) is 33.4 Å². The summed E-state index contributed by atoms with van der Waals surface area (Å²) in [5.74, 6) is -3.68. The van der Waals surface area contributed by atoms with Gasteiger partial charge >= 0.3 is 45.4 Å². The molecule has 6 unspecified atom stereocenters. The Kier molecular flexibility index (Phi) is 16.0. The first-order chi connectivity index (χ1) is 25.6. The van der Waals surface area contributed by atoms with Gasteiger partial charge in [0.25, 0.3) is 11.2 Å². The van der Waals surface area contributed by atoms with Gasteiger partial charge in [-0.1, -0.05) is 18.6 Å². The van der Waals surface area contributed by atoms with Gasteiger partial charge in [0.05, 0.1) is 11.8 Å². The van der Waals surface area contributed by atoms with Crippen molar-refractivity contribution in [3.63, 3.8) is 0 Å². The van der Waals surface area contributed by atoms with E-state index in [-0.39, 0.29) is 23.7 Å². The number of carbonyl (C=O) groups excluding carboxylic acids is 2. The molecule has 22 heteroatoms. The zero-order chi connectivity index (χ0) is 44.4. The van der Waals surface area contributed by atoms with E-state index in [0.717, 1.165) is 12.8 Å². The van der Waals surface area contributed by atoms with Gasteiger partial charge in [0.1, 0.15) is 0 Å². The number of allylic oxidation sites excluding steroid dienone is 2. The molecule has 334 valence electrons. The van der Waals surface area contributed by atoms with Crippen molar-refractivity contribution in [1.29, 1.82) is 0 Å². The van der Waals surface area contributed by atoms with Crippen LogP contribution >= 0.6 is 0 Å². The van der Waals surface area contributed by atoms with Crippen molar-refractivity contribution < 1.29 is 95.2 Å². The third-order valence-corrected chi connectivity index (χ3v) is 13.4. The molecule has 0 amide bonds. The summed E-state index contributed by atoms with van der Waals surface area (Å²) in [6, 6.07) is 0. The molecule has 0 saturated heterocycles. The van der Waals surface area contributed by atoms with Gasteiger partial charge in [0.15, 0.2) is 11.2 Å². The maximum Gasteiger partial charge on any atom is 0.497 e. The normalized spacial score (nSPS) is 25.4. The van der Waals surface area contributed by atoms with Crippen LogP contribution in [0.5, 0.6) is 0 Å². The Morgan fingerprint density at radius 3 is 1.25 bits per heavy atom. The standard InChI is InChI=1S/C14H18F6O3.C14H16F6O3.C7H18O3Si/c2*1-11(2,12(22,13(15,16)17)14(18,19)20)23-10(21)9-6-7-3-4-8(9)5-7;1-5-8-11(4,9-6-2)10-7-3/h7-9,22H,3-6H2,1-2H3;3-4,7-9,22H,5-6H2,1-2H3;5-7H2,1-4H3. The Hall–Kier alpha value is -2.14. The highest BCUT2D eigenvalue weighted by Crippen LogP contribution is 2.54. The molecule has 3 fully saturated rings. The summed E-state index contributed by atoms with van der Waals surface area (Å²) in [7, 11) is -2.25. The van der Waals surface area contributed by atoms with Gasteiger partial charge < -0.3 is 33.0 Å². The number of hydrogen-bond donors (Lipinski definition) is 2. The predicted octanol–water partition coefficient (Wildman–Crippen LogP) is 8.64. The van der Waals surface area contributed by atoms with Crippen molar-refractivity contribution in [3.8, 4) is 0 Å². The molecule has 0 aromatic heterocycles. The largest absolute Gasteiger partial charge is 0.497 e. The number of rotatable bonds is 12. The van der Waals surface area contributed by atoms with E-state index >= 15 is 0 Å². The number of fused-ring (bicyclic) bond motifs is 4. The zero-order valence-corrected chi connectivity index (χ0v) is 33.8. The van der Waals surface area contributed by atoms with Crippen molar-refractivity contribution >= 4 is 20.7 Å². The van der Waals surface area contributed by atoms with Crippen LogP contribution in [0.1, 0.15) is 87.0 Å². The molecule has 9 nitrogen and oxygen atoms in total. The van der Waals surface area contributed by atoms with Crippen molar-refractivity contribution in [2.24, 2.45) is 35.5 Å². The van der Waals surface area contributed by atoms with Gasteiger partial charge in [-0.05, 0) is 104 Å². The second-order valence-electron chi connectivity index (χ2n) is 15.6. The van der Waals surface area contributed by atoms with E-state index in [1.165, 1.54) is 0 Å². The Balaban J connectivity index is 0.000000315. The molecule has 0 aliphatic heterocycles. The minimum absolute atomic E-state index is 0.0619. The van der Waals surface area contributed by atoms with Gasteiger partial charge in [-0.2, -0.15) is 52.7 Å². The van der Waals surface area contributed by atoms with Crippen LogP contribution in [0.15, 0.2) is 12.2 Å². The van der Waals surface area contributed by atoms with Crippen molar-refractivity contribution in [2.45, 2.75) is 141 Å². The topological polar surface area (TPSA) is 121 Å². The van der Waals surface area contributed by atoms with Gasteiger partial charge in [-0.15, -0.1) is 0 Å². The highest BCUT2D eigenvalue weighted by atomic mass is 28.4. The lowest BCUT2D eigenvalue weighted by molar-refractivity contribution is -0.408. The summed E-state index contributed by atoms with van der Waals surface area (Å²) in [4.78, 5) is 24.1. The number of ether oxygens (including phenoxy) is 2. The average Bonchev–Trinajstić information content (AvgIpc) is 3.85. The molecule has 4 bridgehead atoms. The first-order valence-electron chi connectivity index (χ1n) is 18.4. The van der Waals surface area contributed by atoms with Crippen LogP contribution in [0.25, 0.3) is 0 Å². The lowest BCUT2D eigenvalue weighted by Gasteiger charge is -2.43. The molecule has 3 saturated carbocycles. The SMILES string of the molecule is CC(C)(OC(=O)C1CC2C=CC1C2)C(O)(C(F)(F)F)C(F)(F)F.CC(C)(OC(=O)C1CC2CCC1C2)C(O)(C(F)(F)F)C(F)(F)F.CCO[Si](C)(OCC)OCC. The smallest absolute Gasteiger partial charge is 0.456 e. The fraction of sp³-hybridized carbons (Fsp3) is 0.886. The van der Waals surface area contributed by atoms with Gasteiger partial charge in [-0.3, -0.25) is 9.59 Å². The lowest BCUT2D eigenvalue weighted by atomic mass is 9.83. The van der Waals surface area contributed by atoms with E-state index in [1.54, 1.807) is 6.08 Å². The summed E-state index contributed by atoms with van der Waals surface area (Å²) >= 11 is 0. The minimum atomic E-state index is -6.05. The van der Waals surface area contributed by atoms with Gasteiger partial charge in [0, 0.05) is 26.4 Å². The quantitative estimate of drug-likeness (QED) is 0.0860. The number of halogens is 12. The van der Waals surface area contributed by atoms with Crippen molar-refractivity contribution in [2.75, 3.05) is 19.8 Å². The summed E-state index contributed by atoms with van der Waals surface area (Å²) in [5, 5.41) is 18.8. The molecule has 0 spiro atoms. The molecule has 4 rings (SSSR count). The molecular formula is C35H52F12O9Si. The molecule has 4 aliphatic rings. The molecule has 0 radical (unpaired) electrons. The summed E-state index contributed by atoms with van der Waals surface area (Å²) in [6.07, 6.45) is -16.9. The molecule has 0 aromatic rings. The minimum Gasteiger partial charge on any atom is -0.456 e. The highest BCUT2D eigenvalue weighted by molar-refractivity contribution is 6.59. The second kappa shape index (κ2) is 17.8. The predicted molar refractivity (Wildman–Crippen MR) is 179 cm³/mol. The third-order valence-electron chi connectivity index (χ3n) is 10.9. The molecule has 6 atom stereocenters. The summed E-state index contributed by atoms with van der Waals surface area (Å²) in [6.45, 7) is 11.4. The molecular weight excluding hydrogens is 820 g/mol. The maximum absolute atomic E-state index is 12.9. The van der Waals surface area contributed by atoms with E-state index < -0.39 is 79.7 Å². The number of hydrogen-bond acceptors (Lipinski definition) is 9. The first kappa shape index (κ1) is 51.0. The number of alkyl halides is 12. The van der Waals surface area contributed by atoms with Crippen LogP contribution in [0.3, 0.4) is 0 Å². The Morgan fingerprint density at radius 2 is 0.982 bits per heavy atom. The molecule has 0 heterocycles. The van der Waals surface area contributed by atoms with Crippen LogP contribution in [-0.2, 0) is 32.3 Å². The van der Waals surface area contributed by atoms with Gasteiger partial charge in [0.2, 0.25) is 0 Å². The lowest BCUT2D eigenvalue weighted by Crippen LogP contribution is -2.70. The maximum atomic E-state index is 12.9. The first-order valence-corrected chi connectivity index (χ1v) is 20.6. The van der Waals surface area contributed by atoms with Crippen LogP contribution in [-0.4, -0.2) is 97.9 Å². The van der Waals surface area contributed by atoms with E-state index in [2.05, 4.69) is 9.47 Å². The monoisotopic (exact) mass is 872 g/mol. The van der Waals surface area contributed by atoms with Crippen LogP contribution in [0.2, 0.25) is 6.55 Å². The van der Waals surface area contributed by atoms with E-state index in [4.69, 9.17) is 13.3 Å². The van der Waals surface area contributed by atoms with Crippen LogP contribution in [0.4, 0.5) is 52.7 Å². The second-order valence-corrected chi connectivity index (χ2v) is 18.2. The Morgan fingerprint density at radius 1 is 0.596 bits per heavy atom. The van der Waals surface area contributed by atoms with Gasteiger partial charge in [-0.25, -0.2) is 0 Å². The summed E-state index contributed by atoms with van der Waals surface area (Å²) in [5.41, 5.74) is -16.7. The number of carbonyl (C=O) groups is 2. The Labute approximate surface area is 324 Å². The van der Waals surface area contributed by atoms with E-state index in [9.17, 15) is 72.5 Å². The van der Waals surface area contributed by atoms with E-state index in [0.29, 0.717) is 73.2 Å². The summed E-state index contributed by atoms with van der Waals surface area (Å²) < 4.78 is 180. The van der Waals surface area contributed by atoms with Crippen molar-refractivity contribution in [1.82, 2.24) is 0 Å². The molecule has 0 aromatic carbocycles. The average molecular weight is 873 g/mol. The number of aliphatic hydroxyl groups is 2. The third kappa shape index (κ3) is 10.8. The Bertz CT molecular complexity index is 1350. The fourth-order valence-electron chi connectivity index (χ4n) is 7.99. The molecule has 4 aliphatic carbocycles. The molecule has 57 heavy (non-hydrogen) atoms. The van der Waals surface area contributed by atoms with Crippen LogP contribution in [0, 0.1) is 35.5 Å². The number of esters is 2. The van der Waals surface area contributed by atoms with Crippen molar-refractivity contribution in [3.05, 3.63) is 12.2 Å². The molecule has 2 N–H and O–H groups in total.